The number of guanidine groups is 1. The minimum atomic E-state index is 0.131. The van der Waals surface area contributed by atoms with E-state index < -0.39 is 0 Å². The summed E-state index contributed by atoms with van der Waals surface area (Å²) in [5.74, 6) is 1.20. The molecule has 0 atom stereocenters. The largest absolute Gasteiger partial charge is 0.395 e. The van der Waals surface area contributed by atoms with Gasteiger partial charge in [0.2, 0.25) is 11.9 Å². The fourth-order valence-corrected chi connectivity index (χ4v) is 2.45. The summed E-state index contributed by atoms with van der Waals surface area (Å²) in [4.78, 5) is 15.5. The van der Waals surface area contributed by atoms with Gasteiger partial charge < -0.3 is 10.4 Å². The van der Waals surface area contributed by atoms with Crippen molar-refractivity contribution in [2.45, 2.75) is 13.8 Å². The topological polar surface area (TPSA) is 85.7 Å². The maximum absolute atomic E-state index is 8.92. The minimum Gasteiger partial charge on any atom is -0.395 e. The number of aliphatic imine (C=N–C) groups is 1. The summed E-state index contributed by atoms with van der Waals surface area (Å²) in [6.07, 6.45) is 0. The molecule has 0 saturated heterocycles. The Kier molecular flexibility index (Phi) is 4.17. The Hall–Kier alpha value is -2.25. The molecule has 0 radical (unpaired) electrons. The van der Waals surface area contributed by atoms with E-state index in [1.807, 2.05) is 36.9 Å². The van der Waals surface area contributed by atoms with Gasteiger partial charge in [0, 0.05) is 11.9 Å². The maximum Gasteiger partial charge on any atom is 0.230 e. The van der Waals surface area contributed by atoms with Crippen molar-refractivity contribution < 1.29 is 5.11 Å². The highest BCUT2D eigenvalue weighted by Crippen LogP contribution is 2.20. The van der Waals surface area contributed by atoms with E-state index in [9.17, 15) is 0 Å². The van der Waals surface area contributed by atoms with Gasteiger partial charge in [0.05, 0.1) is 31.2 Å². The Morgan fingerprint density at radius 3 is 2.91 bits per heavy atom. The van der Waals surface area contributed by atoms with Crippen molar-refractivity contribution >= 4 is 22.8 Å². The monoisotopic (exact) mass is 300 g/mol. The van der Waals surface area contributed by atoms with Crippen LogP contribution >= 0.6 is 0 Å². The van der Waals surface area contributed by atoms with Crippen LogP contribution in [0.5, 0.6) is 0 Å². The number of para-hydroxylation sites is 1. The Balaban J connectivity index is 1.82. The zero-order valence-electron chi connectivity index (χ0n) is 12.8. The lowest BCUT2D eigenvalue weighted by atomic mass is 10.1. The van der Waals surface area contributed by atoms with Gasteiger partial charge in [0.15, 0.2) is 0 Å². The Morgan fingerprint density at radius 1 is 1.32 bits per heavy atom. The fraction of sp³-hybridized carbons (Fsp3) is 0.400. The van der Waals surface area contributed by atoms with Gasteiger partial charge in [-0.25, -0.2) is 15.0 Å². The smallest absolute Gasteiger partial charge is 0.230 e. The quantitative estimate of drug-likeness (QED) is 0.778. The molecule has 0 fully saturated rings. The SMILES string of the molecule is Cc1nc(NC2=NCN(CCO)CN2)nc2c(C)cccc12. The van der Waals surface area contributed by atoms with Crippen molar-refractivity contribution in [3.05, 3.63) is 29.5 Å². The van der Waals surface area contributed by atoms with E-state index in [0.717, 1.165) is 22.2 Å². The Bertz CT molecular complexity index is 714. The first-order valence-corrected chi connectivity index (χ1v) is 7.30. The third-order valence-corrected chi connectivity index (χ3v) is 3.66. The highest BCUT2D eigenvalue weighted by Gasteiger charge is 2.13. The van der Waals surface area contributed by atoms with Gasteiger partial charge in [-0.05, 0) is 19.4 Å². The zero-order chi connectivity index (χ0) is 15.5. The summed E-state index contributed by atoms with van der Waals surface area (Å²) in [5.41, 5.74) is 3.02. The van der Waals surface area contributed by atoms with Gasteiger partial charge in [0.1, 0.15) is 0 Å². The van der Waals surface area contributed by atoms with Gasteiger partial charge in [0.25, 0.3) is 0 Å². The summed E-state index contributed by atoms with van der Waals surface area (Å²) in [6.45, 7) is 5.94. The normalized spacial score (nSPS) is 15.5. The molecule has 2 heterocycles. The highest BCUT2D eigenvalue weighted by molar-refractivity contribution is 5.93. The number of hydrogen-bond donors (Lipinski definition) is 3. The van der Waals surface area contributed by atoms with Crippen LogP contribution in [0.15, 0.2) is 23.2 Å². The molecule has 7 nitrogen and oxygen atoms in total. The predicted molar refractivity (Wildman–Crippen MR) is 86.7 cm³/mol. The van der Waals surface area contributed by atoms with E-state index in [1.165, 1.54) is 0 Å². The van der Waals surface area contributed by atoms with Gasteiger partial charge in [-0.15, -0.1) is 0 Å². The first-order chi connectivity index (χ1) is 10.7. The number of benzene rings is 1. The van der Waals surface area contributed by atoms with Crippen LogP contribution in [0.3, 0.4) is 0 Å². The molecule has 116 valence electrons. The molecule has 3 rings (SSSR count). The lowest BCUT2D eigenvalue weighted by Gasteiger charge is -2.26. The van der Waals surface area contributed by atoms with Crippen molar-refractivity contribution in [2.75, 3.05) is 31.8 Å². The van der Waals surface area contributed by atoms with E-state index in [0.29, 0.717) is 31.8 Å². The van der Waals surface area contributed by atoms with Gasteiger partial charge >= 0.3 is 0 Å². The second-order valence-corrected chi connectivity index (χ2v) is 5.33. The maximum atomic E-state index is 8.92. The molecule has 22 heavy (non-hydrogen) atoms. The number of β-amino-alcohol motifs (C(OH)–C–C–N with tert-alkyl or cyclic N) is 1. The molecule has 0 spiro atoms. The molecule has 3 N–H and O–H groups in total. The predicted octanol–water partition coefficient (Wildman–Crippen LogP) is 0.827. The number of nitrogens with zero attached hydrogens (tertiary/aromatic N) is 4. The number of fused-ring (bicyclic) bond motifs is 1. The molecule has 0 amide bonds. The number of aliphatic hydroxyl groups is 1. The highest BCUT2D eigenvalue weighted by atomic mass is 16.3. The molecule has 0 aliphatic carbocycles. The van der Waals surface area contributed by atoms with Gasteiger partial charge in [-0.1, -0.05) is 18.2 Å². The standard InChI is InChI=1S/C15H20N6O/c1-10-4-3-5-12-11(2)18-15(19-13(10)12)20-14-16-8-21(6-7-22)9-17-14/h3-5,22H,6-9H2,1-2H3,(H2,16,17,18,19,20). The minimum absolute atomic E-state index is 0.131. The van der Waals surface area contributed by atoms with Crippen molar-refractivity contribution in [1.82, 2.24) is 20.2 Å². The fourth-order valence-electron chi connectivity index (χ4n) is 2.45. The number of nitrogens with one attached hydrogen (secondary N) is 2. The molecule has 1 aromatic carbocycles. The molecule has 0 saturated carbocycles. The summed E-state index contributed by atoms with van der Waals surface area (Å²) in [7, 11) is 0. The molecule has 0 unspecified atom stereocenters. The van der Waals surface area contributed by atoms with Crippen LogP contribution in [-0.2, 0) is 0 Å². The number of rotatable bonds is 3. The Morgan fingerprint density at radius 2 is 2.18 bits per heavy atom. The van der Waals surface area contributed by atoms with Crippen molar-refractivity contribution in [1.29, 1.82) is 0 Å². The number of anilines is 1. The van der Waals surface area contributed by atoms with E-state index in [-0.39, 0.29) is 6.61 Å². The van der Waals surface area contributed by atoms with E-state index in [2.05, 4.69) is 25.6 Å². The lowest BCUT2D eigenvalue weighted by Crippen LogP contribution is -2.46. The molecule has 7 heteroatoms. The van der Waals surface area contributed by atoms with Gasteiger partial charge in [-0.3, -0.25) is 10.2 Å². The summed E-state index contributed by atoms with van der Waals surface area (Å²) in [6, 6.07) is 6.09. The lowest BCUT2D eigenvalue weighted by molar-refractivity contribution is 0.191. The molecule has 0 bridgehead atoms. The molecule has 1 aliphatic rings. The van der Waals surface area contributed by atoms with Crippen molar-refractivity contribution in [2.24, 2.45) is 4.99 Å². The summed E-state index contributed by atoms with van der Waals surface area (Å²) in [5, 5.41) is 16.3. The van der Waals surface area contributed by atoms with E-state index in [1.54, 1.807) is 0 Å². The molecule has 1 aromatic heterocycles. The van der Waals surface area contributed by atoms with Gasteiger partial charge in [-0.2, -0.15) is 0 Å². The average Bonchev–Trinajstić information content (AvgIpc) is 2.51. The molecule has 2 aromatic rings. The number of aromatic nitrogens is 2. The van der Waals surface area contributed by atoms with E-state index in [4.69, 9.17) is 5.11 Å². The zero-order valence-corrected chi connectivity index (χ0v) is 12.8. The first kappa shape index (κ1) is 14.7. The van der Waals surface area contributed by atoms with Crippen molar-refractivity contribution in [3.8, 4) is 0 Å². The molecular weight excluding hydrogens is 280 g/mol. The van der Waals surface area contributed by atoms with Crippen LogP contribution in [0.1, 0.15) is 11.3 Å². The molecule has 1 aliphatic heterocycles. The van der Waals surface area contributed by atoms with Crippen LogP contribution < -0.4 is 10.6 Å². The summed E-state index contributed by atoms with van der Waals surface area (Å²) >= 11 is 0. The van der Waals surface area contributed by atoms with Crippen LogP contribution in [-0.4, -0.2) is 52.4 Å². The summed E-state index contributed by atoms with van der Waals surface area (Å²) < 4.78 is 0. The van der Waals surface area contributed by atoms with Crippen LogP contribution in [0.4, 0.5) is 5.95 Å². The average molecular weight is 300 g/mol. The second kappa shape index (κ2) is 6.25. The van der Waals surface area contributed by atoms with Crippen LogP contribution in [0.2, 0.25) is 0 Å². The first-order valence-electron chi connectivity index (χ1n) is 7.30. The number of aliphatic hydroxyl groups excluding tert-OH is 1. The van der Waals surface area contributed by atoms with Crippen LogP contribution in [0.25, 0.3) is 10.9 Å². The van der Waals surface area contributed by atoms with Crippen molar-refractivity contribution in [3.63, 3.8) is 0 Å². The Labute approximate surface area is 129 Å². The van der Waals surface area contributed by atoms with Crippen LogP contribution in [0, 0.1) is 13.8 Å². The second-order valence-electron chi connectivity index (χ2n) is 5.33. The third kappa shape index (κ3) is 3.00. The third-order valence-electron chi connectivity index (χ3n) is 3.66. The number of aryl methyl sites for hydroxylation is 2. The number of hydrogen-bond acceptors (Lipinski definition) is 7. The molecular formula is C15H20N6O. The van der Waals surface area contributed by atoms with E-state index >= 15 is 0 Å².